The Hall–Kier alpha value is -5.06. The molecule has 0 unspecified atom stereocenters. The zero-order valence-electron chi connectivity index (χ0n) is 37.8. The summed E-state index contributed by atoms with van der Waals surface area (Å²) in [5, 5.41) is 1.38. The number of aryl methyl sites for hydroxylation is 2. The van der Waals surface area contributed by atoms with Crippen LogP contribution in [-0.4, -0.2) is 6.71 Å². The minimum Gasteiger partial charge on any atom is -0.311 e. The summed E-state index contributed by atoms with van der Waals surface area (Å²) in [5.74, 6) is 0. The maximum atomic E-state index is 2.65. The number of thiophene rings is 1. The maximum Gasteiger partial charge on any atom is 0.264 e. The van der Waals surface area contributed by atoms with E-state index in [1.807, 2.05) is 11.3 Å². The molecule has 6 aromatic carbocycles. The average molecular weight is 803 g/mol. The lowest BCUT2D eigenvalue weighted by molar-refractivity contribution is 0.332. The van der Waals surface area contributed by atoms with Crippen molar-refractivity contribution in [2.24, 2.45) is 0 Å². The molecule has 0 saturated carbocycles. The van der Waals surface area contributed by atoms with Crippen molar-refractivity contribution in [3.63, 3.8) is 0 Å². The Kier molecular flexibility index (Phi) is 8.62. The van der Waals surface area contributed by atoms with Crippen LogP contribution in [-0.2, 0) is 21.7 Å². The molecule has 0 saturated heterocycles. The van der Waals surface area contributed by atoms with Crippen molar-refractivity contribution in [2.45, 2.75) is 118 Å². The Bertz CT molecular complexity index is 2860. The van der Waals surface area contributed by atoms with E-state index in [1.54, 1.807) is 0 Å². The molecular weight excluding hydrogens is 744 g/mol. The number of anilines is 6. The number of hydrogen-bond donors (Lipinski definition) is 0. The van der Waals surface area contributed by atoms with Gasteiger partial charge in [0.15, 0.2) is 0 Å². The molecule has 0 fully saturated rings. The van der Waals surface area contributed by atoms with Crippen LogP contribution in [0.2, 0.25) is 0 Å². The maximum absolute atomic E-state index is 2.65. The van der Waals surface area contributed by atoms with Crippen molar-refractivity contribution < 1.29 is 0 Å². The van der Waals surface area contributed by atoms with Gasteiger partial charge in [0.25, 0.3) is 6.71 Å². The second kappa shape index (κ2) is 13.2. The van der Waals surface area contributed by atoms with E-state index in [4.69, 9.17) is 0 Å². The average Bonchev–Trinajstić information content (AvgIpc) is 3.57. The number of rotatable bonds is 3. The molecule has 7 aromatic rings. The molecule has 2 aliphatic heterocycles. The van der Waals surface area contributed by atoms with E-state index in [2.05, 4.69) is 208 Å². The third-order valence-electron chi connectivity index (χ3n) is 14.2. The van der Waals surface area contributed by atoms with Crippen LogP contribution in [0, 0.1) is 13.8 Å². The number of fused-ring (bicyclic) bond motifs is 7. The van der Waals surface area contributed by atoms with Crippen molar-refractivity contribution in [3.05, 3.63) is 149 Å². The van der Waals surface area contributed by atoms with Crippen LogP contribution < -0.4 is 25.5 Å². The first-order chi connectivity index (χ1) is 28.3. The lowest BCUT2D eigenvalue weighted by atomic mass is 9.36. The summed E-state index contributed by atoms with van der Waals surface area (Å²) in [6.45, 7) is 28.5. The molecule has 2 nitrogen and oxygen atoms in total. The molecule has 0 radical (unpaired) electrons. The first-order valence-corrected chi connectivity index (χ1v) is 22.9. The highest BCUT2D eigenvalue weighted by Crippen LogP contribution is 2.53. The Morgan fingerprint density at radius 3 is 1.83 bits per heavy atom. The van der Waals surface area contributed by atoms with Gasteiger partial charge in [0.1, 0.15) is 0 Å². The topological polar surface area (TPSA) is 6.48 Å². The van der Waals surface area contributed by atoms with Gasteiger partial charge in [-0.25, -0.2) is 0 Å². The zero-order valence-corrected chi connectivity index (χ0v) is 38.6. The van der Waals surface area contributed by atoms with Crippen LogP contribution in [0.3, 0.4) is 0 Å². The molecule has 1 aliphatic carbocycles. The van der Waals surface area contributed by atoms with E-state index < -0.39 is 0 Å². The van der Waals surface area contributed by atoms with Gasteiger partial charge in [0, 0.05) is 43.3 Å². The zero-order chi connectivity index (χ0) is 42.3. The van der Waals surface area contributed by atoms with Crippen molar-refractivity contribution >= 4 is 78.0 Å². The summed E-state index contributed by atoms with van der Waals surface area (Å²) in [4.78, 5) is 5.26. The molecule has 0 N–H and O–H groups in total. The van der Waals surface area contributed by atoms with Crippen molar-refractivity contribution in [2.75, 3.05) is 9.80 Å². The molecule has 3 heterocycles. The smallest absolute Gasteiger partial charge is 0.264 e. The Morgan fingerprint density at radius 2 is 1.18 bits per heavy atom. The summed E-state index contributed by atoms with van der Waals surface area (Å²) in [5.41, 5.74) is 21.5. The standard InChI is InChI=1S/C56H59BN2S/c1-34-28-47-50-48(29-34)59(46-30-37(19-18-35(46)2)36-16-14-13-15-17-36)45-25-22-39(54(6,7)8)31-44(45)57(50)52-51(58(47)40-23-20-38(21-24-40)53(3,4)5)41-32-42-43(33-49(41)60-52)56(11,12)27-26-55(42,9)10/h13-25,28-33H,26-27H2,1-12H3. The minimum atomic E-state index is -0.00585. The summed E-state index contributed by atoms with van der Waals surface area (Å²) < 4.78 is 2.84. The summed E-state index contributed by atoms with van der Waals surface area (Å²) in [6, 6.07) is 44.9. The van der Waals surface area contributed by atoms with Crippen LogP contribution in [0.5, 0.6) is 0 Å². The van der Waals surface area contributed by atoms with E-state index in [-0.39, 0.29) is 28.4 Å². The number of nitrogens with zero attached hydrogens (tertiary/aromatic N) is 2. The van der Waals surface area contributed by atoms with Crippen LogP contribution in [0.1, 0.15) is 115 Å². The number of hydrogen-bond acceptors (Lipinski definition) is 3. The van der Waals surface area contributed by atoms with Crippen molar-refractivity contribution in [3.8, 4) is 11.1 Å². The highest BCUT2D eigenvalue weighted by atomic mass is 32.1. The highest BCUT2D eigenvalue weighted by molar-refractivity contribution is 7.33. The van der Waals surface area contributed by atoms with E-state index in [1.165, 1.54) is 117 Å². The molecule has 302 valence electrons. The van der Waals surface area contributed by atoms with E-state index in [0.717, 1.165) is 0 Å². The second-order valence-corrected chi connectivity index (χ2v) is 22.6. The summed E-state index contributed by atoms with van der Waals surface area (Å²) in [6.07, 6.45) is 2.40. The minimum absolute atomic E-state index is 0.00585. The fraction of sp³-hybridized carbons (Fsp3) is 0.321. The highest BCUT2D eigenvalue weighted by Gasteiger charge is 2.47. The summed E-state index contributed by atoms with van der Waals surface area (Å²) in [7, 11) is 0. The molecule has 0 amide bonds. The van der Waals surface area contributed by atoms with E-state index in [0.29, 0.717) is 0 Å². The third kappa shape index (κ3) is 6.03. The fourth-order valence-corrected chi connectivity index (χ4v) is 11.8. The molecule has 3 aliphatic rings. The van der Waals surface area contributed by atoms with Crippen molar-refractivity contribution in [1.29, 1.82) is 0 Å². The van der Waals surface area contributed by atoms with Crippen LogP contribution in [0.25, 0.3) is 21.2 Å². The molecule has 0 spiro atoms. The Balaban J connectivity index is 1.32. The lowest BCUT2D eigenvalue weighted by Gasteiger charge is -2.44. The molecule has 4 heteroatoms. The van der Waals surface area contributed by atoms with Gasteiger partial charge in [-0.2, -0.15) is 0 Å². The third-order valence-corrected chi connectivity index (χ3v) is 15.4. The fourth-order valence-electron chi connectivity index (χ4n) is 10.4. The monoisotopic (exact) mass is 802 g/mol. The molecule has 0 bridgehead atoms. The quantitative estimate of drug-likeness (QED) is 0.164. The first-order valence-electron chi connectivity index (χ1n) is 22.1. The van der Waals surface area contributed by atoms with Gasteiger partial charge in [-0.3, -0.25) is 0 Å². The molecule has 0 atom stereocenters. The van der Waals surface area contributed by atoms with Gasteiger partial charge in [-0.15, -0.1) is 11.3 Å². The van der Waals surface area contributed by atoms with Crippen LogP contribution in [0.4, 0.5) is 34.1 Å². The second-order valence-electron chi connectivity index (χ2n) is 21.5. The molecule has 10 rings (SSSR count). The van der Waals surface area contributed by atoms with Crippen molar-refractivity contribution in [1.82, 2.24) is 0 Å². The molecule has 60 heavy (non-hydrogen) atoms. The van der Waals surface area contributed by atoms with E-state index >= 15 is 0 Å². The van der Waals surface area contributed by atoms with Gasteiger partial charge in [-0.05, 0) is 152 Å². The molecular formula is C56H59BN2S. The van der Waals surface area contributed by atoms with Gasteiger partial charge < -0.3 is 9.80 Å². The normalized spacial score (nSPS) is 16.4. The SMILES string of the molecule is Cc1cc2c3c(c1)N(c1ccc(C(C)(C)C)cc1)c1c(sc4cc5c(cc14)C(C)(C)CCC5(C)C)B3c1cc(C(C)(C)C)ccc1N2c1cc(-c2ccccc2)ccc1C. The predicted molar refractivity (Wildman–Crippen MR) is 263 cm³/mol. The van der Waals surface area contributed by atoms with Gasteiger partial charge in [-0.1, -0.05) is 136 Å². The first kappa shape index (κ1) is 39.1. The van der Waals surface area contributed by atoms with Gasteiger partial charge in [0.2, 0.25) is 0 Å². The lowest BCUT2D eigenvalue weighted by Crippen LogP contribution is -2.60. The largest absolute Gasteiger partial charge is 0.311 e. The van der Waals surface area contributed by atoms with Crippen LogP contribution >= 0.6 is 11.3 Å². The van der Waals surface area contributed by atoms with Gasteiger partial charge >= 0.3 is 0 Å². The van der Waals surface area contributed by atoms with Gasteiger partial charge in [0.05, 0.1) is 5.69 Å². The summed E-state index contributed by atoms with van der Waals surface area (Å²) >= 11 is 2.04. The van der Waals surface area contributed by atoms with Crippen LogP contribution in [0.15, 0.2) is 115 Å². The Morgan fingerprint density at radius 1 is 0.567 bits per heavy atom. The number of benzene rings is 6. The predicted octanol–water partition coefficient (Wildman–Crippen LogP) is 14.2. The van der Waals surface area contributed by atoms with E-state index in [9.17, 15) is 0 Å². The molecule has 1 aromatic heterocycles. The Labute approximate surface area is 363 Å².